The van der Waals surface area contributed by atoms with E-state index >= 15 is 0 Å². The van der Waals surface area contributed by atoms with Gasteiger partial charge in [-0.25, -0.2) is 0 Å². The molecule has 0 spiro atoms. The molecular formula is C15H28ClNO3. The van der Waals surface area contributed by atoms with E-state index in [0.717, 1.165) is 22.7 Å². The summed E-state index contributed by atoms with van der Waals surface area (Å²) < 4.78 is 0. The van der Waals surface area contributed by atoms with Crippen molar-refractivity contribution in [2.75, 3.05) is 13.2 Å². The second kappa shape index (κ2) is 20.2. The highest BCUT2D eigenvalue weighted by Gasteiger charge is 1.96. The first-order valence-corrected chi connectivity index (χ1v) is 7.18. The van der Waals surface area contributed by atoms with Crippen molar-refractivity contribution in [3.63, 3.8) is 0 Å². The number of carboxylic acid groups (broad SMARTS) is 1. The van der Waals surface area contributed by atoms with Gasteiger partial charge in [-0.05, 0) is 24.1 Å². The van der Waals surface area contributed by atoms with E-state index in [1.807, 2.05) is 52.8 Å². The number of aryl methyl sites for hydroxylation is 1. The smallest absolute Gasteiger partial charge is 0.290 e. The molecule has 0 saturated heterocycles. The van der Waals surface area contributed by atoms with Crippen molar-refractivity contribution in [3.8, 4) is 0 Å². The maximum absolute atomic E-state index is 8.55. The molecule has 0 fully saturated rings. The van der Waals surface area contributed by atoms with Crippen LogP contribution in [0.15, 0.2) is 18.2 Å². The highest BCUT2D eigenvalue weighted by molar-refractivity contribution is 6.31. The molecule has 0 bridgehead atoms. The number of aliphatic hydroxyl groups is 1. The number of nitrogens with one attached hydrogen (secondary N) is 1. The lowest BCUT2D eigenvalue weighted by Gasteiger charge is -2.04. The Bertz CT molecular complexity index is 320. The molecule has 1 rings (SSSR count). The van der Waals surface area contributed by atoms with E-state index in [1.54, 1.807) is 0 Å². The molecule has 0 radical (unpaired) electrons. The molecule has 0 aromatic heterocycles. The predicted molar refractivity (Wildman–Crippen MR) is 86.4 cm³/mol. The van der Waals surface area contributed by atoms with Crippen LogP contribution in [0.25, 0.3) is 0 Å². The van der Waals surface area contributed by atoms with Crippen molar-refractivity contribution in [2.24, 2.45) is 0 Å². The first kappa shape index (κ1) is 24.0. The summed E-state index contributed by atoms with van der Waals surface area (Å²) in [4.78, 5) is 8.36. The number of benzene rings is 1. The van der Waals surface area contributed by atoms with Crippen molar-refractivity contribution >= 4 is 18.1 Å². The molecule has 4 nitrogen and oxygen atoms in total. The maximum Gasteiger partial charge on any atom is 0.290 e. The van der Waals surface area contributed by atoms with Crippen LogP contribution in [0.1, 0.15) is 38.8 Å². The van der Waals surface area contributed by atoms with Gasteiger partial charge in [0.15, 0.2) is 0 Å². The van der Waals surface area contributed by atoms with Crippen LogP contribution in [0, 0.1) is 6.92 Å². The van der Waals surface area contributed by atoms with E-state index in [1.165, 1.54) is 0 Å². The number of carbonyl (C=O) groups is 1. The van der Waals surface area contributed by atoms with Gasteiger partial charge >= 0.3 is 0 Å². The van der Waals surface area contributed by atoms with Gasteiger partial charge in [0, 0.05) is 18.1 Å². The number of halogens is 1. The standard InChI is InChI=1S/C10H14ClNO.2C2H6.CH2O2/c1-8-2-3-9(6-10(8)11)7-12-4-5-13;2*1-2;2-1-3/h2-3,6,12-13H,4-5,7H2,1H3;2*1-2H3;1H,(H,2,3). The van der Waals surface area contributed by atoms with Gasteiger partial charge in [0.1, 0.15) is 0 Å². The highest BCUT2D eigenvalue weighted by Crippen LogP contribution is 2.16. The third-order valence-corrected chi connectivity index (χ3v) is 2.26. The lowest BCUT2D eigenvalue weighted by molar-refractivity contribution is -0.122. The molecule has 0 aliphatic carbocycles. The molecule has 1 aromatic carbocycles. The summed E-state index contributed by atoms with van der Waals surface area (Å²) >= 11 is 5.95. The molecule has 0 saturated carbocycles. The van der Waals surface area contributed by atoms with Crippen LogP contribution in [-0.2, 0) is 11.3 Å². The Kier molecular flexibility index (Phi) is 24.2. The molecule has 118 valence electrons. The normalized spacial score (nSPS) is 7.95. The van der Waals surface area contributed by atoms with E-state index < -0.39 is 0 Å². The van der Waals surface area contributed by atoms with E-state index in [4.69, 9.17) is 26.6 Å². The first-order chi connectivity index (χ1) is 9.65. The first-order valence-electron chi connectivity index (χ1n) is 6.80. The molecule has 0 heterocycles. The van der Waals surface area contributed by atoms with Gasteiger partial charge in [0.2, 0.25) is 0 Å². The zero-order valence-electron chi connectivity index (χ0n) is 13.1. The summed E-state index contributed by atoms with van der Waals surface area (Å²) in [5.74, 6) is 0. The van der Waals surface area contributed by atoms with E-state index in [-0.39, 0.29) is 13.1 Å². The fraction of sp³-hybridized carbons (Fsp3) is 0.533. The number of aliphatic hydroxyl groups excluding tert-OH is 1. The number of rotatable bonds is 4. The summed E-state index contributed by atoms with van der Waals surface area (Å²) in [7, 11) is 0. The fourth-order valence-electron chi connectivity index (χ4n) is 1.06. The van der Waals surface area contributed by atoms with Gasteiger partial charge in [-0.3, -0.25) is 4.79 Å². The Morgan fingerprint density at radius 3 is 2.15 bits per heavy atom. The summed E-state index contributed by atoms with van der Waals surface area (Å²) in [5.41, 5.74) is 2.23. The molecule has 5 heteroatoms. The van der Waals surface area contributed by atoms with Gasteiger partial charge in [-0.1, -0.05) is 51.4 Å². The summed E-state index contributed by atoms with van der Waals surface area (Å²) in [6, 6.07) is 5.98. The topological polar surface area (TPSA) is 69.6 Å². The van der Waals surface area contributed by atoms with Crippen molar-refractivity contribution in [1.82, 2.24) is 5.32 Å². The van der Waals surface area contributed by atoms with Crippen LogP contribution in [0.4, 0.5) is 0 Å². The van der Waals surface area contributed by atoms with Crippen LogP contribution in [0.3, 0.4) is 0 Å². The van der Waals surface area contributed by atoms with E-state index in [9.17, 15) is 0 Å². The van der Waals surface area contributed by atoms with Gasteiger partial charge in [0.05, 0.1) is 6.61 Å². The van der Waals surface area contributed by atoms with Crippen LogP contribution in [0.2, 0.25) is 5.02 Å². The lowest BCUT2D eigenvalue weighted by Crippen LogP contribution is -2.17. The number of hydrogen-bond acceptors (Lipinski definition) is 3. The Labute approximate surface area is 127 Å². The quantitative estimate of drug-likeness (QED) is 0.588. The minimum absolute atomic E-state index is 0.166. The second-order valence-electron chi connectivity index (χ2n) is 3.09. The minimum atomic E-state index is -0.250. The Morgan fingerprint density at radius 2 is 1.75 bits per heavy atom. The lowest BCUT2D eigenvalue weighted by atomic mass is 10.1. The summed E-state index contributed by atoms with van der Waals surface area (Å²) in [6.07, 6.45) is 0. The van der Waals surface area contributed by atoms with Crippen molar-refractivity contribution < 1.29 is 15.0 Å². The molecule has 0 atom stereocenters. The Hall–Kier alpha value is -1.10. The molecule has 3 N–H and O–H groups in total. The molecule has 0 aliphatic rings. The molecule has 1 aromatic rings. The van der Waals surface area contributed by atoms with Gasteiger partial charge in [-0.15, -0.1) is 0 Å². The maximum atomic E-state index is 8.55. The third kappa shape index (κ3) is 15.0. The predicted octanol–water partition coefficient (Wildman–Crippen LogP) is 3.48. The van der Waals surface area contributed by atoms with Crippen molar-refractivity contribution in [3.05, 3.63) is 34.3 Å². The molecule has 0 unspecified atom stereocenters. The summed E-state index contributed by atoms with van der Waals surface area (Å²) in [6.45, 7) is 11.3. The van der Waals surface area contributed by atoms with Crippen LogP contribution in [0.5, 0.6) is 0 Å². The van der Waals surface area contributed by atoms with Crippen LogP contribution in [-0.4, -0.2) is 29.8 Å². The second-order valence-corrected chi connectivity index (χ2v) is 3.50. The molecule has 20 heavy (non-hydrogen) atoms. The fourth-order valence-corrected chi connectivity index (χ4v) is 1.26. The van der Waals surface area contributed by atoms with Gasteiger partial charge in [-0.2, -0.15) is 0 Å². The van der Waals surface area contributed by atoms with Crippen molar-refractivity contribution in [1.29, 1.82) is 0 Å². The SMILES string of the molecule is CC.CC.Cc1ccc(CNCCO)cc1Cl.O=CO. The van der Waals surface area contributed by atoms with Crippen molar-refractivity contribution in [2.45, 2.75) is 41.2 Å². The average molecular weight is 306 g/mol. The van der Waals surface area contributed by atoms with E-state index in [2.05, 4.69) is 5.32 Å². The monoisotopic (exact) mass is 305 g/mol. The molecule has 0 amide bonds. The van der Waals surface area contributed by atoms with Gasteiger partial charge < -0.3 is 15.5 Å². The highest BCUT2D eigenvalue weighted by atomic mass is 35.5. The Morgan fingerprint density at radius 1 is 1.25 bits per heavy atom. The third-order valence-electron chi connectivity index (χ3n) is 1.85. The van der Waals surface area contributed by atoms with Crippen LogP contribution < -0.4 is 5.32 Å². The molecule has 0 aliphatic heterocycles. The minimum Gasteiger partial charge on any atom is -0.483 e. The van der Waals surface area contributed by atoms with E-state index in [0.29, 0.717) is 6.54 Å². The zero-order valence-corrected chi connectivity index (χ0v) is 13.9. The largest absolute Gasteiger partial charge is 0.483 e. The van der Waals surface area contributed by atoms with Gasteiger partial charge in [0.25, 0.3) is 6.47 Å². The van der Waals surface area contributed by atoms with Crippen LogP contribution >= 0.6 is 11.6 Å². The average Bonchev–Trinajstić information content (AvgIpc) is 2.48. The zero-order chi connectivity index (χ0) is 16.4. The summed E-state index contributed by atoms with van der Waals surface area (Å²) in [5, 5.41) is 19.3. The Balaban J connectivity index is -0.000000355. The molecular weight excluding hydrogens is 278 g/mol. The number of hydrogen-bond donors (Lipinski definition) is 3.